The zero-order valence-electron chi connectivity index (χ0n) is 11.8. The van der Waals surface area contributed by atoms with Gasteiger partial charge < -0.3 is 10.1 Å². The van der Waals surface area contributed by atoms with Crippen LogP contribution in [0.1, 0.15) is 42.1 Å². The Labute approximate surface area is 127 Å². The van der Waals surface area contributed by atoms with Gasteiger partial charge in [0.1, 0.15) is 17.4 Å². The molecule has 0 saturated heterocycles. The first-order valence-electron chi connectivity index (χ1n) is 7.09. The molecular formula is C15H17N3O2S. The number of nitrogens with zero attached hydrogens (tertiary/aromatic N) is 2. The van der Waals surface area contributed by atoms with Gasteiger partial charge in [-0.05, 0) is 37.1 Å². The molecule has 1 aromatic heterocycles. The second kappa shape index (κ2) is 6.22. The van der Waals surface area contributed by atoms with Gasteiger partial charge in [-0.15, -0.1) is 10.2 Å². The quantitative estimate of drug-likeness (QED) is 0.889. The van der Waals surface area contributed by atoms with Crippen molar-refractivity contribution in [2.75, 3.05) is 5.32 Å². The standard InChI is InChI=1S/C15H17N3O2S/c1-2-13(19)16-11-5-7-12(8-6-11)20-9-14-17-18-15(21-14)10-3-4-10/h5-8,10H,2-4,9H2,1H3,(H,16,19). The third-order valence-electron chi connectivity index (χ3n) is 3.23. The minimum absolute atomic E-state index is 0.00475. The number of hydrogen-bond donors (Lipinski definition) is 1. The van der Waals surface area contributed by atoms with E-state index in [1.165, 1.54) is 12.8 Å². The van der Waals surface area contributed by atoms with Crippen LogP contribution in [-0.4, -0.2) is 16.1 Å². The summed E-state index contributed by atoms with van der Waals surface area (Å²) in [4.78, 5) is 11.3. The molecule has 110 valence electrons. The highest BCUT2D eigenvalue weighted by atomic mass is 32.1. The molecule has 1 amide bonds. The Kier molecular flexibility index (Phi) is 4.15. The number of carbonyl (C=O) groups excluding carboxylic acids is 1. The molecular weight excluding hydrogens is 286 g/mol. The van der Waals surface area contributed by atoms with Crippen LogP contribution in [-0.2, 0) is 11.4 Å². The molecule has 0 aliphatic heterocycles. The molecule has 1 fully saturated rings. The normalized spacial score (nSPS) is 14.0. The Morgan fingerprint density at radius 3 is 2.76 bits per heavy atom. The van der Waals surface area contributed by atoms with Crippen LogP contribution in [0.25, 0.3) is 0 Å². The molecule has 1 heterocycles. The number of amides is 1. The largest absolute Gasteiger partial charge is 0.486 e. The maximum atomic E-state index is 11.3. The lowest BCUT2D eigenvalue weighted by atomic mass is 10.3. The zero-order chi connectivity index (χ0) is 14.7. The number of anilines is 1. The summed E-state index contributed by atoms with van der Waals surface area (Å²) in [5.41, 5.74) is 0.779. The molecule has 21 heavy (non-hydrogen) atoms. The van der Waals surface area contributed by atoms with Crippen molar-refractivity contribution in [1.82, 2.24) is 10.2 Å². The molecule has 6 heteroatoms. The highest BCUT2D eigenvalue weighted by Crippen LogP contribution is 2.41. The summed E-state index contributed by atoms with van der Waals surface area (Å²) in [6.45, 7) is 2.26. The van der Waals surface area contributed by atoms with Crippen molar-refractivity contribution in [3.8, 4) is 5.75 Å². The summed E-state index contributed by atoms with van der Waals surface area (Å²) in [6, 6.07) is 7.35. The molecule has 5 nitrogen and oxygen atoms in total. The predicted molar refractivity (Wildman–Crippen MR) is 81.6 cm³/mol. The van der Waals surface area contributed by atoms with Gasteiger partial charge in [0.2, 0.25) is 5.91 Å². The summed E-state index contributed by atoms with van der Waals surface area (Å²) in [5, 5.41) is 13.2. The Morgan fingerprint density at radius 2 is 2.10 bits per heavy atom. The third-order valence-corrected chi connectivity index (χ3v) is 4.29. The predicted octanol–water partition coefficient (Wildman–Crippen LogP) is 3.34. The monoisotopic (exact) mass is 303 g/mol. The Bertz CT molecular complexity index is 620. The lowest BCUT2D eigenvalue weighted by molar-refractivity contribution is -0.115. The van der Waals surface area contributed by atoms with E-state index < -0.39 is 0 Å². The van der Waals surface area contributed by atoms with Crippen LogP contribution < -0.4 is 10.1 Å². The van der Waals surface area contributed by atoms with Crippen molar-refractivity contribution in [3.05, 3.63) is 34.3 Å². The van der Waals surface area contributed by atoms with E-state index in [0.717, 1.165) is 21.5 Å². The lowest BCUT2D eigenvalue weighted by Crippen LogP contribution is -2.09. The molecule has 1 saturated carbocycles. The summed E-state index contributed by atoms with van der Waals surface area (Å²) in [5.74, 6) is 1.40. The van der Waals surface area contributed by atoms with E-state index >= 15 is 0 Å². The van der Waals surface area contributed by atoms with Crippen LogP contribution in [0.5, 0.6) is 5.75 Å². The van der Waals surface area contributed by atoms with Crippen molar-refractivity contribution in [2.45, 2.75) is 38.7 Å². The minimum atomic E-state index is 0.00475. The van der Waals surface area contributed by atoms with E-state index in [-0.39, 0.29) is 5.91 Å². The number of aromatic nitrogens is 2. The fourth-order valence-electron chi connectivity index (χ4n) is 1.85. The van der Waals surface area contributed by atoms with Crippen LogP contribution in [0.15, 0.2) is 24.3 Å². The number of rotatable bonds is 6. The van der Waals surface area contributed by atoms with Crippen molar-refractivity contribution in [2.24, 2.45) is 0 Å². The maximum absolute atomic E-state index is 11.3. The number of nitrogens with one attached hydrogen (secondary N) is 1. The first-order chi connectivity index (χ1) is 10.2. The molecule has 3 rings (SSSR count). The van der Waals surface area contributed by atoms with Gasteiger partial charge in [0, 0.05) is 18.0 Å². The van der Waals surface area contributed by atoms with Gasteiger partial charge in [0.05, 0.1) is 0 Å². The van der Waals surface area contributed by atoms with Crippen LogP contribution in [0.4, 0.5) is 5.69 Å². The van der Waals surface area contributed by atoms with Crippen LogP contribution in [0, 0.1) is 0 Å². The van der Waals surface area contributed by atoms with Crippen LogP contribution in [0.2, 0.25) is 0 Å². The SMILES string of the molecule is CCC(=O)Nc1ccc(OCc2nnc(C3CC3)s2)cc1. The van der Waals surface area contributed by atoms with E-state index in [4.69, 9.17) is 4.74 Å². The molecule has 2 aromatic rings. The molecule has 1 aliphatic carbocycles. The topological polar surface area (TPSA) is 64.1 Å². The molecule has 1 N–H and O–H groups in total. The maximum Gasteiger partial charge on any atom is 0.224 e. The molecule has 0 bridgehead atoms. The number of hydrogen-bond acceptors (Lipinski definition) is 5. The highest BCUT2D eigenvalue weighted by Gasteiger charge is 2.27. The van der Waals surface area contributed by atoms with Gasteiger partial charge in [-0.25, -0.2) is 0 Å². The van der Waals surface area contributed by atoms with Crippen molar-refractivity contribution in [1.29, 1.82) is 0 Å². The van der Waals surface area contributed by atoms with Gasteiger partial charge in [-0.1, -0.05) is 18.3 Å². The molecule has 1 aliphatic rings. The van der Waals surface area contributed by atoms with E-state index in [1.807, 2.05) is 31.2 Å². The number of carbonyl (C=O) groups is 1. The summed E-state index contributed by atoms with van der Waals surface area (Å²) in [7, 11) is 0. The average Bonchev–Trinajstić information content (AvgIpc) is 3.25. The fourth-order valence-corrected chi connectivity index (χ4v) is 2.77. The first-order valence-corrected chi connectivity index (χ1v) is 7.91. The van der Waals surface area contributed by atoms with Crippen molar-refractivity contribution < 1.29 is 9.53 Å². The number of ether oxygens (including phenoxy) is 1. The molecule has 0 atom stereocenters. The highest BCUT2D eigenvalue weighted by molar-refractivity contribution is 7.11. The summed E-state index contributed by atoms with van der Waals surface area (Å²) < 4.78 is 5.69. The summed E-state index contributed by atoms with van der Waals surface area (Å²) >= 11 is 1.63. The van der Waals surface area contributed by atoms with Crippen molar-refractivity contribution >= 4 is 22.9 Å². The Morgan fingerprint density at radius 1 is 1.33 bits per heavy atom. The Balaban J connectivity index is 1.53. The van der Waals surface area contributed by atoms with Gasteiger partial charge in [-0.2, -0.15) is 0 Å². The Hall–Kier alpha value is -1.95. The van der Waals surface area contributed by atoms with E-state index in [0.29, 0.717) is 18.9 Å². The van der Waals surface area contributed by atoms with E-state index in [9.17, 15) is 4.79 Å². The first kappa shape index (κ1) is 14.0. The smallest absolute Gasteiger partial charge is 0.224 e. The van der Waals surface area contributed by atoms with Crippen molar-refractivity contribution in [3.63, 3.8) is 0 Å². The molecule has 1 aromatic carbocycles. The zero-order valence-corrected chi connectivity index (χ0v) is 12.7. The lowest BCUT2D eigenvalue weighted by Gasteiger charge is -2.06. The van der Waals surface area contributed by atoms with Gasteiger partial charge in [0.25, 0.3) is 0 Å². The fraction of sp³-hybridized carbons (Fsp3) is 0.400. The van der Waals surface area contributed by atoms with Crippen LogP contribution >= 0.6 is 11.3 Å². The van der Waals surface area contributed by atoms with Gasteiger partial charge >= 0.3 is 0 Å². The summed E-state index contributed by atoms with van der Waals surface area (Å²) in [6.07, 6.45) is 2.94. The second-order valence-corrected chi connectivity index (χ2v) is 6.12. The van der Waals surface area contributed by atoms with E-state index in [1.54, 1.807) is 11.3 Å². The third kappa shape index (κ3) is 3.78. The molecule has 0 unspecified atom stereocenters. The molecule has 0 radical (unpaired) electrons. The average molecular weight is 303 g/mol. The van der Waals surface area contributed by atoms with Gasteiger partial charge in [-0.3, -0.25) is 4.79 Å². The van der Waals surface area contributed by atoms with E-state index in [2.05, 4.69) is 15.5 Å². The van der Waals surface area contributed by atoms with Gasteiger partial charge in [0.15, 0.2) is 5.01 Å². The van der Waals surface area contributed by atoms with Crippen LogP contribution in [0.3, 0.4) is 0 Å². The minimum Gasteiger partial charge on any atom is -0.486 e. The second-order valence-electron chi connectivity index (χ2n) is 5.02. The number of benzene rings is 1. The molecule has 0 spiro atoms.